The largest absolute Gasteiger partial charge is 0.573 e. The second-order valence-corrected chi connectivity index (χ2v) is 4.05. The molecule has 7 heteroatoms. The second kappa shape index (κ2) is 6.42. The highest BCUT2D eigenvalue weighted by molar-refractivity contribution is 5.78. The molecule has 4 nitrogen and oxygen atoms in total. The van der Waals surface area contributed by atoms with E-state index in [1.54, 1.807) is 6.92 Å². The summed E-state index contributed by atoms with van der Waals surface area (Å²) in [5.41, 5.74) is 6.01. The van der Waals surface area contributed by atoms with Crippen LogP contribution in [0.4, 0.5) is 13.2 Å². The molecule has 0 aromatic heterocycles. The van der Waals surface area contributed by atoms with Crippen LogP contribution in [-0.4, -0.2) is 18.8 Å². The summed E-state index contributed by atoms with van der Waals surface area (Å²) < 4.78 is 39.5. The van der Waals surface area contributed by atoms with Gasteiger partial charge in [-0.15, -0.1) is 13.2 Å². The van der Waals surface area contributed by atoms with Crippen molar-refractivity contribution in [3.8, 4) is 5.75 Å². The molecule has 0 aliphatic heterocycles. The number of nitrogens with two attached hydrogens (primary N) is 1. The minimum atomic E-state index is -4.70. The highest BCUT2D eigenvalue weighted by atomic mass is 19.4. The third-order valence-corrected chi connectivity index (χ3v) is 2.42. The second-order valence-electron chi connectivity index (χ2n) is 4.05. The summed E-state index contributed by atoms with van der Waals surface area (Å²) >= 11 is 0. The summed E-state index contributed by atoms with van der Waals surface area (Å²) in [5.74, 6) is -0.788. The Labute approximate surface area is 108 Å². The van der Waals surface area contributed by atoms with Crippen molar-refractivity contribution in [1.82, 2.24) is 5.32 Å². The summed E-state index contributed by atoms with van der Waals surface area (Å²) in [4.78, 5) is 11.4. The third kappa shape index (κ3) is 5.60. The number of rotatable bonds is 5. The summed E-state index contributed by atoms with van der Waals surface area (Å²) in [6, 6.07) is 5.30. The Morgan fingerprint density at radius 3 is 2.42 bits per heavy atom. The number of halogens is 3. The Balaban J connectivity index is 2.51. The number of benzene rings is 1. The Kier molecular flexibility index (Phi) is 5.17. The Bertz CT molecular complexity index is 418. The van der Waals surface area contributed by atoms with E-state index in [1.807, 2.05) is 0 Å². The minimum Gasteiger partial charge on any atom is -0.406 e. The molecule has 0 aliphatic carbocycles. The Hall–Kier alpha value is -1.76. The number of hydrogen-bond donors (Lipinski definition) is 2. The lowest BCUT2D eigenvalue weighted by molar-refractivity contribution is -0.274. The van der Waals surface area contributed by atoms with Crippen LogP contribution in [0.15, 0.2) is 24.3 Å². The first kappa shape index (κ1) is 15.3. The molecule has 0 saturated heterocycles. The van der Waals surface area contributed by atoms with Crippen LogP contribution in [0.5, 0.6) is 5.75 Å². The summed E-state index contributed by atoms with van der Waals surface area (Å²) in [5, 5.41) is 2.64. The van der Waals surface area contributed by atoms with E-state index in [2.05, 4.69) is 10.1 Å². The molecule has 106 valence electrons. The minimum absolute atomic E-state index is 0.196. The number of carbonyl (C=O) groups excluding carboxylic acids is 1. The summed E-state index contributed by atoms with van der Waals surface area (Å²) in [6.45, 7) is 2.16. The lowest BCUT2D eigenvalue weighted by Gasteiger charge is -2.11. The number of alkyl halides is 3. The number of carbonyl (C=O) groups is 1. The molecule has 0 spiro atoms. The van der Waals surface area contributed by atoms with Crippen LogP contribution < -0.4 is 15.8 Å². The van der Waals surface area contributed by atoms with Gasteiger partial charge in [0.05, 0.1) is 0 Å². The van der Waals surface area contributed by atoms with Crippen LogP contribution in [0.1, 0.15) is 12.5 Å². The van der Waals surface area contributed by atoms with Crippen molar-refractivity contribution in [2.45, 2.75) is 19.8 Å². The monoisotopic (exact) mass is 276 g/mol. The van der Waals surface area contributed by atoms with Gasteiger partial charge in [0, 0.05) is 19.0 Å². The van der Waals surface area contributed by atoms with Crippen molar-refractivity contribution in [3.05, 3.63) is 29.8 Å². The molecule has 1 rings (SSSR count). The number of amides is 1. The quantitative estimate of drug-likeness (QED) is 0.862. The van der Waals surface area contributed by atoms with E-state index in [0.29, 0.717) is 5.56 Å². The van der Waals surface area contributed by atoms with E-state index in [-0.39, 0.29) is 30.7 Å². The van der Waals surface area contributed by atoms with Gasteiger partial charge >= 0.3 is 6.36 Å². The maximum Gasteiger partial charge on any atom is 0.573 e. The first-order valence-electron chi connectivity index (χ1n) is 5.64. The molecule has 0 fully saturated rings. The molecule has 19 heavy (non-hydrogen) atoms. The molecular formula is C12H15F3N2O2. The van der Waals surface area contributed by atoms with E-state index >= 15 is 0 Å². The first-order chi connectivity index (χ1) is 8.81. The first-order valence-corrected chi connectivity index (χ1v) is 5.64. The maximum atomic E-state index is 11.9. The fourth-order valence-electron chi connectivity index (χ4n) is 1.28. The molecular weight excluding hydrogens is 261 g/mol. The van der Waals surface area contributed by atoms with Crippen LogP contribution in [0.2, 0.25) is 0 Å². The van der Waals surface area contributed by atoms with Gasteiger partial charge in [-0.2, -0.15) is 0 Å². The molecule has 3 N–H and O–H groups in total. The van der Waals surface area contributed by atoms with E-state index < -0.39 is 6.36 Å². The van der Waals surface area contributed by atoms with Crippen molar-refractivity contribution < 1.29 is 22.7 Å². The molecule has 0 radical (unpaired) electrons. The average Bonchev–Trinajstić information content (AvgIpc) is 2.34. The fraction of sp³-hybridized carbons (Fsp3) is 0.417. The fourth-order valence-corrected chi connectivity index (χ4v) is 1.28. The molecule has 1 aromatic carbocycles. The zero-order valence-electron chi connectivity index (χ0n) is 10.3. The topological polar surface area (TPSA) is 64.4 Å². The van der Waals surface area contributed by atoms with Gasteiger partial charge in [0.1, 0.15) is 5.75 Å². The average molecular weight is 276 g/mol. The summed E-state index contributed by atoms with van der Waals surface area (Å²) in [7, 11) is 0. The van der Waals surface area contributed by atoms with Crippen molar-refractivity contribution in [2.24, 2.45) is 11.7 Å². The van der Waals surface area contributed by atoms with Crippen LogP contribution in [0.25, 0.3) is 0 Å². The number of nitrogens with one attached hydrogen (secondary N) is 1. The van der Waals surface area contributed by atoms with Gasteiger partial charge in [0.25, 0.3) is 0 Å². The van der Waals surface area contributed by atoms with Crippen molar-refractivity contribution in [3.63, 3.8) is 0 Å². The molecule has 1 amide bonds. The predicted molar refractivity (Wildman–Crippen MR) is 63.2 cm³/mol. The number of hydrogen-bond acceptors (Lipinski definition) is 3. The zero-order valence-corrected chi connectivity index (χ0v) is 10.3. The van der Waals surface area contributed by atoms with Gasteiger partial charge < -0.3 is 15.8 Å². The van der Waals surface area contributed by atoms with E-state index in [0.717, 1.165) is 0 Å². The van der Waals surface area contributed by atoms with Crippen molar-refractivity contribution >= 4 is 5.91 Å². The van der Waals surface area contributed by atoms with Gasteiger partial charge in [-0.1, -0.05) is 19.1 Å². The van der Waals surface area contributed by atoms with Gasteiger partial charge in [0.2, 0.25) is 5.91 Å². The maximum absolute atomic E-state index is 11.9. The van der Waals surface area contributed by atoms with Crippen LogP contribution in [0, 0.1) is 5.92 Å². The summed E-state index contributed by atoms with van der Waals surface area (Å²) in [6.07, 6.45) is -4.70. The van der Waals surface area contributed by atoms with Crippen LogP contribution in [0.3, 0.4) is 0 Å². The SMILES string of the molecule is CC(CN)C(=O)NCc1ccc(OC(F)(F)F)cc1. The molecule has 0 heterocycles. The lowest BCUT2D eigenvalue weighted by Crippen LogP contribution is -2.32. The molecule has 1 aromatic rings. The zero-order chi connectivity index (χ0) is 14.5. The molecule has 0 aliphatic rings. The van der Waals surface area contributed by atoms with E-state index in [4.69, 9.17) is 5.73 Å². The Morgan fingerprint density at radius 1 is 1.37 bits per heavy atom. The number of ether oxygens (including phenoxy) is 1. The van der Waals surface area contributed by atoms with Crippen LogP contribution >= 0.6 is 0 Å². The van der Waals surface area contributed by atoms with E-state index in [9.17, 15) is 18.0 Å². The standard InChI is InChI=1S/C12H15F3N2O2/c1-8(6-16)11(18)17-7-9-2-4-10(5-3-9)19-12(13,14)15/h2-5,8H,6-7,16H2,1H3,(H,17,18). The highest BCUT2D eigenvalue weighted by Crippen LogP contribution is 2.22. The van der Waals surface area contributed by atoms with Gasteiger partial charge in [-0.3, -0.25) is 4.79 Å². The lowest BCUT2D eigenvalue weighted by atomic mass is 10.1. The van der Waals surface area contributed by atoms with E-state index in [1.165, 1.54) is 24.3 Å². The molecule has 1 atom stereocenters. The van der Waals surface area contributed by atoms with Gasteiger partial charge in [-0.25, -0.2) is 0 Å². The Morgan fingerprint density at radius 2 is 1.95 bits per heavy atom. The predicted octanol–water partition coefficient (Wildman–Crippen LogP) is 1.80. The molecule has 0 saturated carbocycles. The van der Waals surface area contributed by atoms with Crippen molar-refractivity contribution in [2.75, 3.05) is 6.54 Å². The molecule has 0 bridgehead atoms. The normalized spacial score (nSPS) is 12.9. The van der Waals surface area contributed by atoms with Crippen LogP contribution in [-0.2, 0) is 11.3 Å². The van der Waals surface area contributed by atoms with Gasteiger partial charge in [0.15, 0.2) is 0 Å². The molecule has 1 unspecified atom stereocenters. The van der Waals surface area contributed by atoms with Crippen molar-refractivity contribution in [1.29, 1.82) is 0 Å². The highest BCUT2D eigenvalue weighted by Gasteiger charge is 2.30. The van der Waals surface area contributed by atoms with Gasteiger partial charge in [-0.05, 0) is 17.7 Å². The smallest absolute Gasteiger partial charge is 0.406 e. The third-order valence-electron chi connectivity index (χ3n) is 2.42.